The fraction of sp³-hybridized carbons (Fsp3) is 0.714. The van der Waals surface area contributed by atoms with Crippen molar-refractivity contribution in [3.63, 3.8) is 0 Å². The Morgan fingerprint density at radius 1 is 1.40 bits per heavy atom. The molecule has 1 aliphatic carbocycles. The summed E-state index contributed by atoms with van der Waals surface area (Å²) in [5, 5.41) is 16.3. The Balaban J connectivity index is 1.90. The topological polar surface area (TPSA) is 70.1 Å². The fourth-order valence-electron chi connectivity index (χ4n) is 2.50. The van der Waals surface area contributed by atoms with Crippen LogP contribution in [0.25, 0.3) is 0 Å². The molecule has 2 rings (SSSR count). The number of rotatable bonds is 6. The Hall–Kier alpha value is -0.880. The minimum Gasteiger partial charge on any atom is -0.393 e. The van der Waals surface area contributed by atoms with Gasteiger partial charge in [-0.25, -0.2) is 4.98 Å². The van der Waals surface area contributed by atoms with Crippen LogP contribution < -0.4 is 10.6 Å². The number of nitrogens with one attached hydrogen (secondary N) is 2. The lowest BCUT2D eigenvalue weighted by molar-refractivity contribution is 0.104. The van der Waals surface area contributed by atoms with E-state index in [9.17, 15) is 5.11 Å². The van der Waals surface area contributed by atoms with Gasteiger partial charge in [0.25, 0.3) is 0 Å². The molecule has 1 fully saturated rings. The first kappa shape index (κ1) is 15.5. The molecule has 6 heteroatoms. The maximum atomic E-state index is 9.70. The molecular weight excluding hydrogens is 320 g/mol. The molecule has 0 amide bonds. The van der Waals surface area contributed by atoms with Gasteiger partial charge in [0.1, 0.15) is 5.82 Å². The van der Waals surface area contributed by atoms with Crippen LogP contribution in [-0.4, -0.2) is 34.3 Å². The molecule has 0 radical (unpaired) electrons. The van der Waals surface area contributed by atoms with Crippen molar-refractivity contribution in [3.05, 3.63) is 10.7 Å². The zero-order valence-electron chi connectivity index (χ0n) is 11.9. The minimum absolute atomic E-state index is 0.133. The average Bonchev–Trinajstić information content (AvgIpc) is 2.45. The van der Waals surface area contributed by atoms with Crippen LogP contribution in [0.15, 0.2) is 10.7 Å². The number of nitrogens with zero attached hydrogens (tertiary/aromatic N) is 2. The van der Waals surface area contributed by atoms with E-state index in [4.69, 9.17) is 0 Å². The molecule has 1 aromatic rings. The van der Waals surface area contributed by atoms with Gasteiger partial charge < -0.3 is 15.7 Å². The first-order chi connectivity index (χ1) is 9.69. The highest BCUT2D eigenvalue weighted by atomic mass is 79.9. The number of aromatic nitrogens is 2. The second-order valence-corrected chi connectivity index (χ2v) is 6.24. The maximum Gasteiger partial charge on any atom is 0.224 e. The number of hydrogen-bond acceptors (Lipinski definition) is 5. The van der Waals surface area contributed by atoms with E-state index in [1.54, 1.807) is 6.20 Å². The minimum atomic E-state index is -0.133. The van der Waals surface area contributed by atoms with E-state index in [0.29, 0.717) is 11.9 Å². The zero-order valence-corrected chi connectivity index (χ0v) is 13.5. The molecule has 112 valence electrons. The molecule has 0 aromatic carbocycles. The lowest BCUT2D eigenvalue weighted by Crippen LogP contribution is -2.25. The zero-order chi connectivity index (χ0) is 14.4. The normalized spacial score (nSPS) is 22.6. The highest BCUT2D eigenvalue weighted by Crippen LogP contribution is 2.26. The number of aliphatic hydroxyl groups is 1. The summed E-state index contributed by atoms with van der Waals surface area (Å²) in [5.74, 6) is 1.99. The Bertz CT molecular complexity index is 430. The lowest BCUT2D eigenvalue weighted by atomic mass is 9.87. The lowest BCUT2D eigenvalue weighted by Gasteiger charge is -2.26. The van der Waals surface area contributed by atoms with Gasteiger partial charge >= 0.3 is 0 Å². The Morgan fingerprint density at radius 3 is 3.00 bits per heavy atom. The van der Waals surface area contributed by atoms with Crippen LogP contribution in [0.4, 0.5) is 11.8 Å². The largest absolute Gasteiger partial charge is 0.393 e. The predicted octanol–water partition coefficient (Wildman–Crippen LogP) is 3.02. The highest BCUT2D eigenvalue weighted by molar-refractivity contribution is 9.10. The van der Waals surface area contributed by atoms with Gasteiger partial charge in [0.05, 0.1) is 10.6 Å². The Kier molecular flexibility index (Phi) is 6.04. The second kappa shape index (κ2) is 7.78. The molecule has 0 bridgehead atoms. The van der Waals surface area contributed by atoms with Gasteiger partial charge in [-0.05, 0) is 47.5 Å². The van der Waals surface area contributed by atoms with Crippen LogP contribution >= 0.6 is 15.9 Å². The van der Waals surface area contributed by atoms with Gasteiger partial charge in [-0.2, -0.15) is 4.98 Å². The van der Waals surface area contributed by atoms with Crippen molar-refractivity contribution >= 4 is 27.7 Å². The molecule has 0 aliphatic heterocycles. The van der Waals surface area contributed by atoms with Gasteiger partial charge in [0, 0.05) is 19.3 Å². The van der Waals surface area contributed by atoms with Crippen LogP contribution in [0.5, 0.6) is 0 Å². The summed E-state index contributed by atoms with van der Waals surface area (Å²) in [4.78, 5) is 8.70. The number of hydrogen-bond donors (Lipinski definition) is 3. The van der Waals surface area contributed by atoms with Crippen molar-refractivity contribution < 1.29 is 5.11 Å². The summed E-state index contributed by atoms with van der Waals surface area (Å²) in [6.45, 7) is 3.83. The molecule has 1 aliphatic rings. The van der Waals surface area contributed by atoms with Crippen LogP contribution in [0.3, 0.4) is 0 Å². The third-order valence-corrected chi connectivity index (χ3v) is 4.17. The molecular formula is C14H23BrN4O. The molecule has 1 aromatic heterocycles. The van der Waals surface area contributed by atoms with Crippen molar-refractivity contribution in [3.8, 4) is 0 Å². The van der Waals surface area contributed by atoms with E-state index in [1.807, 2.05) is 0 Å². The average molecular weight is 343 g/mol. The van der Waals surface area contributed by atoms with Crippen molar-refractivity contribution in [2.24, 2.45) is 5.92 Å². The van der Waals surface area contributed by atoms with Crippen molar-refractivity contribution in [1.29, 1.82) is 0 Å². The van der Waals surface area contributed by atoms with E-state index in [1.165, 1.54) is 6.42 Å². The molecule has 2 unspecified atom stereocenters. The smallest absolute Gasteiger partial charge is 0.224 e. The molecule has 1 saturated carbocycles. The first-order valence-corrected chi connectivity index (χ1v) is 8.16. The standard InChI is InChI=1S/C14H23BrN4O/c1-2-6-16-14-18-9-12(15)13(19-14)17-8-10-4-3-5-11(20)7-10/h9-11,20H,2-8H2,1H3,(H2,16,17,18,19). The summed E-state index contributed by atoms with van der Waals surface area (Å²) in [6, 6.07) is 0. The molecule has 1 heterocycles. The van der Waals surface area contributed by atoms with Crippen molar-refractivity contribution in [2.45, 2.75) is 45.1 Å². The SMILES string of the molecule is CCCNc1ncc(Br)c(NCC2CCCC(O)C2)n1. The van der Waals surface area contributed by atoms with Gasteiger partial charge in [-0.3, -0.25) is 0 Å². The van der Waals surface area contributed by atoms with Crippen molar-refractivity contribution in [1.82, 2.24) is 9.97 Å². The van der Waals surface area contributed by atoms with Crippen LogP contribution in [0.1, 0.15) is 39.0 Å². The summed E-state index contributed by atoms with van der Waals surface area (Å²) in [7, 11) is 0. The third-order valence-electron chi connectivity index (χ3n) is 3.59. The maximum absolute atomic E-state index is 9.70. The van der Waals surface area contributed by atoms with Crippen molar-refractivity contribution in [2.75, 3.05) is 23.7 Å². The Morgan fingerprint density at radius 2 is 2.25 bits per heavy atom. The van der Waals surface area contributed by atoms with Gasteiger partial charge in [-0.15, -0.1) is 0 Å². The summed E-state index contributed by atoms with van der Waals surface area (Å²) in [5.41, 5.74) is 0. The van der Waals surface area contributed by atoms with E-state index in [0.717, 1.165) is 49.1 Å². The van der Waals surface area contributed by atoms with Crippen LogP contribution in [0, 0.1) is 5.92 Å². The molecule has 0 saturated heterocycles. The van der Waals surface area contributed by atoms with Crippen LogP contribution in [0.2, 0.25) is 0 Å². The van der Waals surface area contributed by atoms with E-state index in [2.05, 4.69) is 43.5 Å². The predicted molar refractivity (Wildman–Crippen MR) is 85.0 cm³/mol. The van der Waals surface area contributed by atoms with Gasteiger partial charge in [-0.1, -0.05) is 13.3 Å². The summed E-state index contributed by atoms with van der Waals surface area (Å²) >= 11 is 3.47. The molecule has 3 N–H and O–H groups in total. The molecule has 2 atom stereocenters. The third kappa shape index (κ3) is 4.59. The fourth-order valence-corrected chi connectivity index (χ4v) is 2.83. The second-order valence-electron chi connectivity index (χ2n) is 5.38. The summed E-state index contributed by atoms with van der Waals surface area (Å²) < 4.78 is 0.871. The molecule has 20 heavy (non-hydrogen) atoms. The number of halogens is 1. The summed E-state index contributed by atoms with van der Waals surface area (Å²) in [6.07, 6.45) is 6.79. The molecule has 0 spiro atoms. The number of aliphatic hydroxyl groups excluding tert-OH is 1. The van der Waals surface area contributed by atoms with Gasteiger partial charge in [0.15, 0.2) is 0 Å². The van der Waals surface area contributed by atoms with E-state index >= 15 is 0 Å². The van der Waals surface area contributed by atoms with Crippen LogP contribution in [-0.2, 0) is 0 Å². The first-order valence-electron chi connectivity index (χ1n) is 7.37. The Labute approximate surface area is 128 Å². The van der Waals surface area contributed by atoms with E-state index < -0.39 is 0 Å². The number of anilines is 2. The quantitative estimate of drug-likeness (QED) is 0.741. The monoisotopic (exact) mass is 342 g/mol. The van der Waals surface area contributed by atoms with Gasteiger partial charge in [0.2, 0.25) is 5.95 Å². The van der Waals surface area contributed by atoms with E-state index in [-0.39, 0.29) is 6.10 Å². The molecule has 5 nitrogen and oxygen atoms in total. The highest BCUT2D eigenvalue weighted by Gasteiger charge is 2.20.